The predicted molar refractivity (Wildman–Crippen MR) is 74.3 cm³/mol. The number of aliphatic hydroxyl groups excluding tert-OH is 1. The number of nitrogens with zero attached hydrogens (tertiary/aromatic N) is 1. The summed E-state index contributed by atoms with van der Waals surface area (Å²) in [5, 5.41) is 9.25. The van der Waals surface area contributed by atoms with Gasteiger partial charge in [0.15, 0.2) is 0 Å². The van der Waals surface area contributed by atoms with Crippen LogP contribution in [-0.2, 0) is 16.6 Å². The zero-order valence-corrected chi connectivity index (χ0v) is 12.5. The van der Waals surface area contributed by atoms with E-state index in [1.54, 1.807) is 29.4 Å². The van der Waals surface area contributed by atoms with Crippen molar-refractivity contribution < 1.29 is 13.5 Å². The van der Waals surface area contributed by atoms with Crippen LogP contribution in [0.2, 0.25) is 0 Å². The van der Waals surface area contributed by atoms with Gasteiger partial charge in [0.2, 0.25) is 10.0 Å². The van der Waals surface area contributed by atoms with Gasteiger partial charge in [-0.15, -0.1) is 0 Å². The Bertz CT molecular complexity index is 578. The fraction of sp³-hybridized carbons (Fsp3) is 0.571. The quantitative estimate of drug-likeness (QED) is 0.922. The molecule has 0 saturated carbocycles. The van der Waals surface area contributed by atoms with Gasteiger partial charge in [0.25, 0.3) is 0 Å². The lowest BCUT2D eigenvalue weighted by Crippen LogP contribution is -2.31. The topological polar surface area (TPSA) is 57.6 Å². The first kappa shape index (κ1) is 14.5. The summed E-state index contributed by atoms with van der Waals surface area (Å²) in [5.41, 5.74) is 1.35. The second-order valence-corrected chi connectivity index (χ2v) is 7.86. The van der Waals surface area contributed by atoms with E-state index >= 15 is 0 Å². The highest BCUT2D eigenvalue weighted by molar-refractivity contribution is 7.89. The molecule has 5 heteroatoms. The van der Waals surface area contributed by atoms with E-state index in [2.05, 4.69) is 13.8 Å². The Morgan fingerprint density at radius 2 is 2.05 bits per heavy atom. The average Bonchev–Trinajstić information content (AvgIpc) is 2.70. The van der Waals surface area contributed by atoms with E-state index in [-0.39, 0.29) is 12.0 Å². The molecule has 1 aliphatic heterocycles. The van der Waals surface area contributed by atoms with Gasteiger partial charge in [0.05, 0.1) is 11.5 Å². The molecular weight excluding hydrogens is 262 g/mol. The zero-order valence-electron chi connectivity index (χ0n) is 11.7. The lowest BCUT2D eigenvalue weighted by Gasteiger charge is -2.21. The van der Waals surface area contributed by atoms with Crippen molar-refractivity contribution in [3.05, 3.63) is 29.3 Å². The molecule has 0 atom stereocenters. The maximum atomic E-state index is 12.7. The van der Waals surface area contributed by atoms with Crippen LogP contribution in [0.3, 0.4) is 0 Å². The van der Waals surface area contributed by atoms with Crippen LogP contribution >= 0.6 is 0 Å². The molecule has 1 aromatic rings. The molecule has 0 amide bonds. The summed E-state index contributed by atoms with van der Waals surface area (Å²) in [7, 11) is -3.45. The van der Waals surface area contributed by atoms with Crippen molar-refractivity contribution in [2.45, 2.75) is 38.7 Å². The lowest BCUT2D eigenvalue weighted by molar-refractivity contribution is 0.280. The number of sulfonamides is 1. The van der Waals surface area contributed by atoms with E-state index in [9.17, 15) is 13.5 Å². The summed E-state index contributed by atoms with van der Waals surface area (Å²) in [4.78, 5) is 0.316. The smallest absolute Gasteiger partial charge is 0.243 e. The molecule has 19 heavy (non-hydrogen) atoms. The van der Waals surface area contributed by atoms with Gasteiger partial charge in [0.1, 0.15) is 0 Å². The highest BCUT2D eigenvalue weighted by Gasteiger charge is 2.37. The second-order valence-electron chi connectivity index (χ2n) is 5.95. The molecule has 0 bridgehead atoms. The molecule has 1 N–H and O–H groups in total. The number of rotatable bonds is 3. The highest BCUT2D eigenvalue weighted by Crippen LogP contribution is 2.33. The monoisotopic (exact) mass is 283 g/mol. The first-order valence-corrected chi connectivity index (χ1v) is 7.91. The van der Waals surface area contributed by atoms with Crippen LogP contribution in [0, 0.1) is 12.3 Å². The minimum atomic E-state index is -3.45. The first-order chi connectivity index (χ1) is 8.78. The summed E-state index contributed by atoms with van der Waals surface area (Å²) in [6.45, 7) is 6.90. The molecule has 0 radical (unpaired) electrons. The third-order valence-corrected chi connectivity index (χ3v) is 5.82. The summed E-state index contributed by atoms with van der Waals surface area (Å²) in [6, 6.07) is 5.06. The number of hydrogen-bond donors (Lipinski definition) is 1. The van der Waals surface area contributed by atoms with Crippen molar-refractivity contribution in [2.75, 3.05) is 13.1 Å². The van der Waals surface area contributed by atoms with Gasteiger partial charge < -0.3 is 5.11 Å². The summed E-state index contributed by atoms with van der Waals surface area (Å²) < 4.78 is 26.9. The van der Waals surface area contributed by atoms with E-state index in [0.29, 0.717) is 29.1 Å². The van der Waals surface area contributed by atoms with Crippen molar-refractivity contribution in [1.29, 1.82) is 0 Å². The Morgan fingerprint density at radius 3 is 2.58 bits per heavy atom. The third-order valence-electron chi connectivity index (χ3n) is 3.83. The van der Waals surface area contributed by atoms with Crippen LogP contribution in [0.4, 0.5) is 0 Å². The SMILES string of the molecule is Cc1c(CO)cccc1S(=O)(=O)N1CCC(C)(C)C1. The molecule has 1 aliphatic rings. The molecule has 1 aromatic carbocycles. The van der Waals surface area contributed by atoms with Crippen LogP contribution in [0.25, 0.3) is 0 Å². The molecule has 1 heterocycles. The molecular formula is C14H21NO3S. The van der Waals surface area contributed by atoms with Gasteiger partial charge in [-0.2, -0.15) is 4.31 Å². The van der Waals surface area contributed by atoms with E-state index in [4.69, 9.17) is 0 Å². The van der Waals surface area contributed by atoms with Gasteiger partial charge in [-0.1, -0.05) is 26.0 Å². The van der Waals surface area contributed by atoms with E-state index in [1.165, 1.54) is 0 Å². The number of benzene rings is 1. The van der Waals surface area contributed by atoms with E-state index < -0.39 is 10.0 Å². The fourth-order valence-corrected chi connectivity index (χ4v) is 4.42. The van der Waals surface area contributed by atoms with Crippen LogP contribution in [0.15, 0.2) is 23.1 Å². The van der Waals surface area contributed by atoms with Gasteiger partial charge in [-0.05, 0) is 36.0 Å². The molecule has 0 unspecified atom stereocenters. The minimum absolute atomic E-state index is 0.0373. The van der Waals surface area contributed by atoms with E-state index in [1.807, 2.05) is 0 Å². The molecule has 0 spiro atoms. The summed E-state index contributed by atoms with van der Waals surface area (Å²) in [6.07, 6.45) is 0.880. The number of aliphatic hydroxyl groups is 1. The molecule has 4 nitrogen and oxygen atoms in total. The summed E-state index contributed by atoms with van der Waals surface area (Å²) >= 11 is 0. The van der Waals surface area contributed by atoms with Crippen LogP contribution in [-0.4, -0.2) is 30.9 Å². The second kappa shape index (κ2) is 4.89. The molecule has 0 aromatic heterocycles. The maximum Gasteiger partial charge on any atom is 0.243 e. The summed E-state index contributed by atoms with van der Waals surface area (Å²) in [5.74, 6) is 0. The van der Waals surface area contributed by atoms with Crippen LogP contribution in [0.1, 0.15) is 31.4 Å². The van der Waals surface area contributed by atoms with E-state index in [0.717, 1.165) is 6.42 Å². The van der Waals surface area contributed by atoms with Gasteiger partial charge in [-0.25, -0.2) is 8.42 Å². The normalized spacial score (nSPS) is 19.8. The van der Waals surface area contributed by atoms with Crippen LogP contribution in [0.5, 0.6) is 0 Å². The van der Waals surface area contributed by atoms with Crippen molar-refractivity contribution in [1.82, 2.24) is 4.31 Å². The van der Waals surface area contributed by atoms with Crippen molar-refractivity contribution in [3.8, 4) is 0 Å². The molecule has 106 valence electrons. The average molecular weight is 283 g/mol. The van der Waals surface area contributed by atoms with Gasteiger partial charge >= 0.3 is 0 Å². The lowest BCUT2D eigenvalue weighted by atomic mass is 9.93. The molecule has 2 rings (SSSR count). The zero-order chi connectivity index (χ0) is 14.3. The van der Waals surface area contributed by atoms with Crippen molar-refractivity contribution >= 4 is 10.0 Å². The predicted octanol–water partition coefficient (Wildman–Crippen LogP) is 1.91. The third kappa shape index (κ3) is 2.68. The largest absolute Gasteiger partial charge is 0.392 e. The standard InChI is InChI=1S/C14H21NO3S/c1-11-12(9-16)5-4-6-13(11)19(17,18)15-8-7-14(2,3)10-15/h4-6,16H,7-10H2,1-3H3. The first-order valence-electron chi connectivity index (χ1n) is 6.47. The van der Waals surface area contributed by atoms with Crippen LogP contribution < -0.4 is 0 Å². The Hall–Kier alpha value is -0.910. The Morgan fingerprint density at radius 1 is 1.37 bits per heavy atom. The van der Waals surface area contributed by atoms with Crippen molar-refractivity contribution in [3.63, 3.8) is 0 Å². The van der Waals surface area contributed by atoms with Gasteiger partial charge in [-0.3, -0.25) is 0 Å². The minimum Gasteiger partial charge on any atom is -0.392 e. The fourth-order valence-electron chi connectivity index (χ4n) is 2.52. The molecule has 0 aliphatic carbocycles. The number of hydrogen-bond acceptors (Lipinski definition) is 3. The molecule has 1 saturated heterocycles. The Kier molecular flexibility index (Phi) is 3.73. The highest BCUT2D eigenvalue weighted by atomic mass is 32.2. The molecule has 1 fully saturated rings. The Labute approximate surface area is 115 Å². The van der Waals surface area contributed by atoms with Gasteiger partial charge in [0, 0.05) is 13.1 Å². The van der Waals surface area contributed by atoms with Crippen molar-refractivity contribution in [2.24, 2.45) is 5.41 Å². The Balaban J connectivity index is 2.41. The maximum absolute atomic E-state index is 12.7.